The van der Waals surface area contributed by atoms with Gasteiger partial charge in [-0.05, 0) is 19.4 Å². The first-order valence-corrected chi connectivity index (χ1v) is 4.61. The highest BCUT2D eigenvalue weighted by Gasteiger charge is 2.59. The summed E-state index contributed by atoms with van der Waals surface area (Å²) < 4.78 is 73.1. The van der Waals surface area contributed by atoms with Gasteiger partial charge in [0, 0.05) is 6.54 Å². The number of hydrogen-bond donors (Lipinski definition) is 2. The summed E-state index contributed by atoms with van der Waals surface area (Å²) in [5.41, 5.74) is -1.92. The van der Waals surface area contributed by atoms with Crippen LogP contribution in [-0.2, 0) is 0 Å². The van der Waals surface area contributed by atoms with Crippen LogP contribution in [0.4, 0.5) is 26.3 Å². The highest BCUT2D eigenvalue weighted by Crippen LogP contribution is 2.44. The Morgan fingerprint density at radius 3 is 1.94 bits per heavy atom. The molecule has 0 radical (unpaired) electrons. The fourth-order valence-corrected chi connectivity index (χ4v) is 1.70. The van der Waals surface area contributed by atoms with Crippen molar-refractivity contribution in [2.45, 2.75) is 30.8 Å². The van der Waals surface area contributed by atoms with Crippen molar-refractivity contribution < 1.29 is 31.4 Å². The lowest BCUT2D eigenvalue weighted by atomic mass is 9.89. The molecule has 2 N–H and O–H groups in total. The van der Waals surface area contributed by atoms with Gasteiger partial charge in [0.1, 0.15) is 0 Å². The molecule has 1 heterocycles. The monoisotopic (exact) mass is 251 g/mol. The Kier molecular flexibility index (Phi) is 3.45. The molecule has 1 aliphatic rings. The number of rotatable bonds is 2. The average molecular weight is 251 g/mol. The fourth-order valence-electron chi connectivity index (χ4n) is 1.70. The van der Waals surface area contributed by atoms with Gasteiger partial charge in [0.25, 0.3) is 0 Å². The van der Waals surface area contributed by atoms with Gasteiger partial charge in [-0.25, -0.2) is 0 Å². The van der Waals surface area contributed by atoms with Gasteiger partial charge < -0.3 is 10.4 Å². The molecule has 0 spiro atoms. The Morgan fingerprint density at radius 2 is 1.62 bits per heavy atom. The summed E-state index contributed by atoms with van der Waals surface area (Å²) in [6, 6.07) is 0. The highest BCUT2D eigenvalue weighted by molar-refractivity contribution is 4.93. The van der Waals surface area contributed by atoms with Gasteiger partial charge in [0.15, 0.2) is 5.92 Å². The number of hydrogen-bond acceptors (Lipinski definition) is 2. The predicted octanol–water partition coefficient (Wildman–Crippen LogP) is 1.84. The smallest absolute Gasteiger partial charge is 0.388 e. The van der Waals surface area contributed by atoms with Crippen LogP contribution in [0.5, 0.6) is 0 Å². The first-order valence-electron chi connectivity index (χ1n) is 4.61. The first kappa shape index (κ1) is 13.6. The lowest BCUT2D eigenvalue weighted by molar-refractivity contribution is -0.294. The molecule has 1 unspecified atom stereocenters. The zero-order valence-electron chi connectivity index (χ0n) is 8.12. The van der Waals surface area contributed by atoms with Crippen molar-refractivity contribution in [2.24, 2.45) is 5.92 Å². The van der Waals surface area contributed by atoms with E-state index >= 15 is 0 Å². The van der Waals surface area contributed by atoms with Gasteiger partial charge >= 0.3 is 12.4 Å². The second-order valence-electron chi connectivity index (χ2n) is 3.99. The van der Waals surface area contributed by atoms with Crippen LogP contribution in [-0.4, -0.2) is 36.1 Å². The molecule has 1 fully saturated rings. The minimum atomic E-state index is -5.38. The van der Waals surface area contributed by atoms with Gasteiger partial charge in [0.2, 0.25) is 0 Å². The molecule has 0 aromatic carbocycles. The second kappa shape index (κ2) is 4.06. The molecule has 0 aliphatic carbocycles. The van der Waals surface area contributed by atoms with Crippen LogP contribution >= 0.6 is 0 Å². The molecule has 16 heavy (non-hydrogen) atoms. The molecule has 0 amide bonds. The molecule has 1 saturated heterocycles. The molecule has 0 saturated carbocycles. The van der Waals surface area contributed by atoms with Crippen molar-refractivity contribution in [3.8, 4) is 0 Å². The van der Waals surface area contributed by atoms with Gasteiger partial charge in [-0.2, -0.15) is 26.3 Å². The van der Waals surface area contributed by atoms with Gasteiger partial charge in [-0.15, -0.1) is 0 Å². The molecule has 2 nitrogen and oxygen atoms in total. The predicted molar refractivity (Wildman–Crippen MR) is 42.7 cm³/mol. The lowest BCUT2D eigenvalue weighted by Crippen LogP contribution is -2.44. The molecule has 1 atom stereocenters. The normalized spacial score (nSPS) is 27.8. The van der Waals surface area contributed by atoms with E-state index in [4.69, 9.17) is 0 Å². The van der Waals surface area contributed by atoms with Crippen LogP contribution in [0, 0.1) is 5.92 Å². The van der Waals surface area contributed by atoms with Gasteiger partial charge in [-0.1, -0.05) is 0 Å². The van der Waals surface area contributed by atoms with Crippen LogP contribution in [0.2, 0.25) is 0 Å². The fraction of sp³-hybridized carbons (Fsp3) is 1.00. The lowest BCUT2D eigenvalue weighted by Gasteiger charge is -2.30. The van der Waals surface area contributed by atoms with E-state index in [-0.39, 0.29) is 19.5 Å². The number of nitrogens with one attached hydrogen (secondary N) is 1. The zero-order chi connectivity index (χ0) is 12.6. The third-order valence-corrected chi connectivity index (χ3v) is 2.60. The SMILES string of the molecule is OC1(CC(C(F)(F)F)C(F)(F)F)CCNC1. The van der Waals surface area contributed by atoms with E-state index in [1.807, 2.05) is 0 Å². The van der Waals surface area contributed by atoms with Crippen molar-refractivity contribution in [3.05, 3.63) is 0 Å². The highest BCUT2D eigenvalue weighted by atomic mass is 19.4. The van der Waals surface area contributed by atoms with Gasteiger partial charge in [0.05, 0.1) is 5.60 Å². The quantitative estimate of drug-likeness (QED) is 0.734. The van der Waals surface area contributed by atoms with E-state index in [2.05, 4.69) is 5.32 Å². The van der Waals surface area contributed by atoms with Crippen LogP contribution in [0.3, 0.4) is 0 Å². The van der Waals surface area contributed by atoms with E-state index in [1.54, 1.807) is 0 Å². The molecule has 0 aromatic rings. The largest absolute Gasteiger partial charge is 0.400 e. The molecule has 8 heteroatoms. The molecule has 0 bridgehead atoms. The third-order valence-electron chi connectivity index (χ3n) is 2.60. The Balaban J connectivity index is 2.79. The van der Waals surface area contributed by atoms with Crippen LogP contribution in [0.1, 0.15) is 12.8 Å². The number of aliphatic hydroxyl groups is 1. The Morgan fingerprint density at radius 1 is 1.12 bits per heavy atom. The maximum Gasteiger partial charge on any atom is 0.400 e. The van der Waals surface area contributed by atoms with E-state index < -0.39 is 30.3 Å². The molecular weight excluding hydrogens is 240 g/mol. The third kappa shape index (κ3) is 3.24. The summed E-state index contributed by atoms with van der Waals surface area (Å²) in [7, 11) is 0. The van der Waals surface area contributed by atoms with Crippen LogP contribution in [0.15, 0.2) is 0 Å². The Labute approximate surface area is 87.6 Å². The summed E-state index contributed by atoms with van der Waals surface area (Å²) in [5, 5.41) is 12.1. The number of β-amino-alcohol motifs (C(OH)–C–C–N with tert-alkyl or cyclic N) is 1. The van der Waals surface area contributed by atoms with E-state index in [0.29, 0.717) is 0 Å². The minimum Gasteiger partial charge on any atom is -0.388 e. The van der Waals surface area contributed by atoms with Crippen LogP contribution in [0.25, 0.3) is 0 Å². The molecular formula is C8H11F6NO. The molecule has 1 aliphatic heterocycles. The Bertz CT molecular complexity index is 228. The van der Waals surface area contributed by atoms with Crippen molar-refractivity contribution in [2.75, 3.05) is 13.1 Å². The average Bonchev–Trinajstić information content (AvgIpc) is 2.45. The van der Waals surface area contributed by atoms with E-state index in [0.717, 1.165) is 0 Å². The van der Waals surface area contributed by atoms with E-state index in [9.17, 15) is 31.4 Å². The summed E-state index contributed by atoms with van der Waals surface area (Å²) in [4.78, 5) is 0. The van der Waals surface area contributed by atoms with Crippen molar-refractivity contribution >= 4 is 0 Å². The van der Waals surface area contributed by atoms with Crippen LogP contribution < -0.4 is 5.32 Å². The maximum absolute atomic E-state index is 12.2. The second-order valence-corrected chi connectivity index (χ2v) is 3.99. The first-order chi connectivity index (χ1) is 7.05. The minimum absolute atomic E-state index is 0.102. The zero-order valence-corrected chi connectivity index (χ0v) is 8.12. The van der Waals surface area contributed by atoms with Crippen molar-refractivity contribution in [1.82, 2.24) is 5.32 Å². The van der Waals surface area contributed by atoms with E-state index in [1.165, 1.54) is 0 Å². The van der Waals surface area contributed by atoms with Crippen molar-refractivity contribution in [3.63, 3.8) is 0 Å². The molecule has 1 rings (SSSR count). The molecule has 0 aromatic heterocycles. The van der Waals surface area contributed by atoms with Gasteiger partial charge in [-0.3, -0.25) is 0 Å². The number of alkyl halides is 6. The van der Waals surface area contributed by atoms with Crippen molar-refractivity contribution in [1.29, 1.82) is 0 Å². The summed E-state index contributed by atoms with van der Waals surface area (Å²) in [6.07, 6.45) is -12.2. The summed E-state index contributed by atoms with van der Waals surface area (Å²) >= 11 is 0. The topological polar surface area (TPSA) is 32.3 Å². The molecule has 96 valence electrons. The summed E-state index contributed by atoms with van der Waals surface area (Å²) in [6.45, 7) is -0.0193. The standard InChI is InChI=1S/C8H11F6NO/c9-7(10,11)5(8(12,13)14)3-6(16)1-2-15-4-6/h5,15-16H,1-4H2. The maximum atomic E-state index is 12.2. The number of halogens is 6. The summed E-state index contributed by atoms with van der Waals surface area (Å²) in [5.74, 6) is -3.47. The Hall–Kier alpha value is -0.500.